The lowest BCUT2D eigenvalue weighted by molar-refractivity contribution is 0.0642. The lowest BCUT2D eigenvalue weighted by Gasteiger charge is -2.13. The van der Waals surface area contributed by atoms with Crippen molar-refractivity contribution in [2.75, 3.05) is 12.8 Å². The Kier molecular flexibility index (Phi) is 3.06. The first-order valence-electron chi connectivity index (χ1n) is 6.35. The Labute approximate surface area is 121 Å². The highest BCUT2D eigenvalue weighted by atomic mass is 16.5. The Morgan fingerprint density at radius 3 is 2.62 bits per heavy atom. The number of ether oxygens (including phenoxy) is 1. The van der Waals surface area contributed by atoms with E-state index in [4.69, 9.17) is 10.5 Å². The molecule has 106 valence electrons. The molecule has 0 saturated carbocycles. The number of rotatable bonds is 3. The first-order valence-corrected chi connectivity index (χ1v) is 6.35. The quantitative estimate of drug-likeness (QED) is 0.681. The van der Waals surface area contributed by atoms with Crippen LogP contribution in [0.4, 0.5) is 5.69 Å². The molecule has 0 fully saturated rings. The number of methoxy groups -OCH3 is 1. The zero-order chi connectivity index (χ0) is 15.0. The number of imide groups is 1. The molecule has 0 bridgehead atoms. The fourth-order valence-corrected chi connectivity index (χ4v) is 2.31. The van der Waals surface area contributed by atoms with E-state index in [2.05, 4.69) is 4.98 Å². The molecule has 2 amide bonds. The van der Waals surface area contributed by atoms with E-state index in [1.165, 1.54) is 12.0 Å². The summed E-state index contributed by atoms with van der Waals surface area (Å²) < 4.78 is 4.97. The number of nitrogens with two attached hydrogens (primary N) is 1. The fraction of sp³-hybridized carbons (Fsp3) is 0.133. The predicted molar refractivity (Wildman–Crippen MR) is 75.8 cm³/mol. The Bertz CT molecular complexity index is 725. The SMILES string of the molecule is COc1ccc(CN2C(=O)c3cccc(N)c3C2=O)cn1. The normalized spacial score (nSPS) is 13.5. The van der Waals surface area contributed by atoms with E-state index in [1.54, 1.807) is 36.5 Å². The van der Waals surface area contributed by atoms with Gasteiger partial charge in [0.05, 0.1) is 24.8 Å². The topological polar surface area (TPSA) is 85.5 Å². The maximum atomic E-state index is 12.3. The fourth-order valence-electron chi connectivity index (χ4n) is 2.31. The van der Waals surface area contributed by atoms with E-state index in [1.807, 2.05) is 0 Å². The molecule has 0 spiro atoms. The molecular weight excluding hydrogens is 270 g/mol. The van der Waals surface area contributed by atoms with E-state index in [9.17, 15) is 9.59 Å². The van der Waals surface area contributed by atoms with Crippen LogP contribution in [0.1, 0.15) is 26.3 Å². The van der Waals surface area contributed by atoms with E-state index in [-0.39, 0.29) is 23.9 Å². The summed E-state index contributed by atoms with van der Waals surface area (Å²) in [5.74, 6) is -0.229. The number of benzene rings is 1. The molecule has 0 aliphatic carbocycles. The molecular formula is C15H13N3O3. The highest BCUT2D eigenvalue weighted by molar-refractivity contribution is 6.23. The molecule has 1 aliphatic heterocycles. The molecule has 2 aromatic rings. The number of anilines is 1. The van der Waals surface area contributed by atoms with Crippen LogP contribution in [0.5, 0.6) is 5.88 Å². The number of fused-ring (bicyclic) bond motifs is 1. The standard InChI is InChI=1S/C15H13N3O3/c1-21-12-6-5-9(7-17-12)8-18-14(19)10-3-2-4-11(16)13(10)15(18)20/h2-7H,8,16H2,1H3. The molecule has 3 rings (SSSR count). The van der Waals surface area contributed by atoms with Crippen LogP contribution in [0.15, 0.2) is 36.5 Å². The lowest BCUT2D eigenvalue weighted by Crippen LogP contribution is -2.29. The Morgan fingerprint density at radius 2 is 2.00 bits per heavy atom. The number of hydrogen-bond donors (Lipinski definition) is 1. The van der Waals surface area contributed by atoms with Crippen LogP contribution in [0.2, 0.25) is 0 Å². The average Bonchev–Trinajstić information content (AvgIpc) is 2.74. The minimum Gasteiger partial charge on any atom is -0.481 e. The summed E-state index contributed by atoms with van der Waals surface area (Å²) in [7, 11) is 1.52. The van der Waals surface area contributed by atoms with E-state index >= 15 is 0 Å². The third-order valence-electron chi connectivity index (χ3n) is 3.38. The van der Waals surface area contributed by atoms with Crippen LogP contribution >= 0.6 is 0 Å². The van der Waals surface area contributed by atoms with Gasteiger partial charge in [-0.15, -0.1) is 0 Å². The van der Waals surface area contributed by atoms with Crippen LogP contribution in [0, 0.1) is 0 Å². The second-order valence-electron chi connectivity index (χ2n) is 4.68. The van der Waals surface area contributed by atoms with Gasteiger partial charge >= 0.3 is 0 Å². The zero-order valence-corrected chi connectivity index (χ0v) is 11.4. The molecule has 21 heavy (non-hydrogen) atoms. The molecule has 0 radical (unpaired) electrons. The van der Waals surface area contributed by atoms with Gasteiger partial charge in [-0.1, -0.05) is 12.1 Å². The molecule has 0 atom stereocenters. The van der Waals surface area contributed by atoms with Crippen molar-refractivity contribution in [3.05, 3.63) is 53.2 Å². The van der Waals surface area contributed by atoms with Crippen LogP contribution in [0.25, 0.3) is 0 Å². The Balaban J connectivity index is 1.89. The van der Waals surface area contributed by atoms with Crippen LogP contribution in [-0.2, 0) is 6.54 Å². The van der Waals surface area contributed by atoms with Crippen molar-refractivity contribution < 1.29 is 14.3 Å². The third-order valence-corrected chi connectivity index (χ3v) is 3.38. The highest BCUT2D eigenvalue weighted by Crippen LogP contribution is 2.28. The first-order chi connectivity index (χ1) is 10.1. The number of carbonyl (C=O) groups is 2. The van der Waals surface area contributed by atoms with Gasteiger partial charge in [0.2, 0.25) is 5.88 Å². The molecule has 1 aromatic carbocycles. The number of aromatic nitrogens is 1. The van der Waals surface area contributed by atoms with Crippen LogP contribution in [-0.4, -0.2) is 28.8 Å². The van der Waals surface area contributed by atoms with Crippen LogP contribution < -0.4 is 10.5 Å². The second kappa shape index (κ2) is 4.90. The molecule has 2 N–H and O–H groups in total. The van der Waals surface area contributed by atoms with E-state index in [0.717, 1.165) is 5.56 Å². The minimum absolute atomic E-state index is 0.156. The summed E-state index contributed by atoms with van der Waals surface area (Å²) in [6.07, 6.45) is 1.58. The van der Waals surface area contributed by atoms with Gasteiger partial charge < -0.3 is 10.5 Å². The van der Waals surface area contributed by atoms with Gasteiger partial charge in [0.1, 0.15) is 0 Å². The number of nitrogen functional groups attached to an aromatic ring is 1. The first kappa shape index (κ1) is 13.1. The summed E-state index contributed by atoms with van der Waals surface area (Å²) in [5.41, 5.74) is 7.48. The number of amides is 2. The monoisotopic (exact) mass is 283 g/mol. The molecule has 1 aromatic heterocycles. The van der Waals surface area contributed by atoms with Gasteiger partial charge in [0.15, 0.2) is 0 Å². The molecule has 6 heteroatoms. The molecule has 1 aliphatic rings. The summed E-state index contributed by atoms with van der Waals surface area (Å²) >= 11 is 0. The van der Waals surface area contributed by atoms with E-state index in [0.29, 0.717) is 17.1 Å². The molecule has 6 nitrogen and oxygen atoms in total. The van der Waals surface area contributed by atoms with Crippen molar-refractivity contribution in [2.45, 2.75) is 6.54 Å². The maximum absolute atomic E-state index is 12.3. The smallest absolute Gasteiger partial charge is 0.263 e. The molecule has 0 unspecified atom stereocenters. The van der Waals surface area contributed by atoms with Gasteiger partial charge in [0, 0.05) is 18.0 Å². The number of pyridine rings is 1. The predicted octanol–water partition coefficient (Wildman–Crippen LogP) is 1.47. The highest BCUT2D eigenvalue weighted by Gasteiger charge is 2.36. The van der Waals surface area contributed by atoms with Crippen molar-refractivity contribution in [3.63, 3.8) is 0 Å². The van der Waals surface area contributed by atoms with Crippen LogP contribution in [0.3, 0.4) is 0 Å². The summed E-state index contributed by atoms with van der Waals surface area (Å²) in [5, 5.41) is 0. The summed E-state index contributed by atoms with van der Waals surface area (Å²) in [6, 6.07) is 8.33. The average molecular weight is 283 g/mol. The van der Waals surface area contributed by atoms with Gasteiger partial charge in [-0.05, 0) is 17.7 Å². The summed E-state index contributed by atoms with van der Waals surface area (Å²) in [4.78, 5) is 29.9. The Morgan fingerprint density at radius 1 is 1.19 bits per heavy atom. The lowest BCUT2D eigenvalue weighted by atomic mass is 10.1. The minimum atomic E-state index is -0.371. The maximum Gasteiger partial charge on any atom is 0.263 e. The van der Waals surface area contributed by atoms with Crippen molar-refractivity contribution >= 4 is 17.5 Å². The van der Waals surface area contributed by atoms with Gasteiger partial charge in [-0.25, -0.2) is 4.98 Å². The summed E-state index contributed by atoms with van der Waals surface area (Å²) in [6.45, 7) is 0.156. The van der Waals surface area contributed by atoms with Crippen molar-refractivity contribution in [2.24, 2.45) is 0 Å². The number of carbonyl (C=O) groups excluding carboxylic acids is 2. The molecule has 0 saturated heterocycles. The zero-order valence-electron chi connectivity index (χ0n) is 11.4. The van der Waals surface area contributed by atoms with Crippen molar-refractivity contribution in [3.8, 4) is 5.88 Å². The number of nitrogens with zero attached hydrogens (tertiary/aromatic N) is 2. The third kappa shape index (κ3) is 2.10. The van der Waals surface area contributed by atoms with Crippen molar-refractivity contribution in [1.29, 1.82) is 0 Å². The Hall–Kier alpha value is -2.89. The molecule has 2 heterocycles. The van der Waals surface area contributed by atoms with Crippen molar-refractivity contribution in [1.82, 2.24) is 9.88 Å². The van der Waals surface area contributed by atoms with Gasteiger partial charge in [-0.3, -0.25) is 14.5 Å². The van der Waals surface area contributed by atoms with E-state index < -0.39 is 0 Å². The van der Waals surface area contributed by atoms with Gasteiger partial charge in [-0.2, -0.15) is 0 Å². The number of hydrogen-bond acceptors (Lipinski definition) is 5. The van der Waals surface area contributed by atoms with Gasteiger partial charge in [0.25, 0.3) is 11.8 Å². The largest absolute Gasteiger partial charge is 0.481 e. The second-order valence-corrected chi connectivity index (χ2v) is 4.68.